The maximum atomic E-state index is 13.4. The lowest BCUT2D eigenvalue weighted by Crippen LogP contribution is -2.60. The third kappa shape index (κ3) is 3.99. The molecule has 4 rings (SSSR count). The summed E-state index contributed by atoms with van der Waals surface area (Å²) in [4.78, 5) is 36.9. The number of amides is 1. The third-order valence-electron chi connectivity index (χ3n) is 5.03. The highest BCUT2D eigenvalue weighted by Gasteiger charge is 2.40. The number of aromatic nitrogens is 3. The minimum atomic E-state index is -1.48. The molecule has 1 amide bonds. The van der Waals surface area contributed by atoms with Gasteiger partial charge in [0.15, 0.2) is 5.69 Å². The average Bonchev–Trinajstić information content (AvgIpc) is 3.42. The fraction of sp³-hybridized carbons (Fsp3) is 0.529. The quantitative estimate of drug-likeness (QED) is 0.461. The molecule has 1 saturated heterocycles. The number of hydrogen-bond donors (Lipinski definition) is 4. The molecular formula is C17H19FN4O7. The highest BCUT2D eigenvalue weighted by atomic mass is 19.1. The Hall–Kier alpha value is -2.83. The SMILES string of the molecule is O=C(N[C@@H]1CO[C@H](Cn2cc(F)c(=O)[nH]c2=O)[C@@H](O)[C@H]1O)c1cc(C2CC2)on1. The van der Waals surface area contributed by atoms with Crippen molar-refractivity contribution in [3.63, 3.8) is 0 Å². The molecular weight excluding hydrogens is 391 g/mol. The Kier molecular flexibility index (Phi) is 5.06. The Morgan fingerprint density at radius 1 is 1.34 bits per heavy atom. The molecule has 0 spiro atoms. The van der Waals surface area contributed by atoms with Gasteiger partial charge in [0.25, 0.3) is 11.5 Å². The van der Waals surface area contributed by atoms with Gasteiger partial charge in [-0.05, 0) is 12.8 Å². The van der Waals surface area contributed by atoms with Gasteiger partial charge in [0, 0.05) is 12.0 Å². The third-order valence-corrected chi connectivity index (χ3v) is 5.03. The standard InChI is InChI=1S/C17H19FN4O7/c18-8-4-22(17(27)20-15(8)25)5-12-14(24)13(23)10(6-28-12)19-16(26)9-3-11(29-21-9)7-1-2-7/h3-4,7,10,12-14,23-24H,1-2,5-6H2,(H,19,26)(H,20,25,27)/t10-,12-,13+,14-/m1/s1. The summed E-state index contributed by atoms with van der Waals surface area (Å²) in [7, 11) is 0. The first-order chi connectivity index (χ1) is 13.8. The zero-order chi connectivity index (χ0) is 20.7. The fourth-order valence-electron chi connectivity index (χ4n) is 3.18. The minimum absolute atomic E-state index is 0.0611. The molecule has 0 aromatic carbocycles. The number of ether oxygens (including phenoxy) is 1. The first-order valence-electron chi connectivity index (χ1n) is 9.08. The number of hydrogen-bond acceptors (Lipinski definition) is 8. The average molecular weight is 410 g/mol. The highest BCUT2D eigenvalue weighted by Crippen LogP contribution is 2.40. The molecule has 11 nitrogen and oxygen atoms in total. The van der Waals surface area contributed by atoms with E-state index in [9.17, 15) is 29.0 Å². The van der Waals surface area contributed by atoms with Crippen LogP contribution in [0.2, 0.25) is 0 Å². The van der Waals surface area contributed by atoms with E-state index in [2.05, 4.69) is 10.5 Å². The van der Waals surface area contributed by atoms with Crippen LogP contribution < -0.4 is 16.6 Å². The van der Waals surface area contributed by atoms with Gasteiger partial charge in [0.1, 0.15) is 24.1 Å². The van der Waals surface area contributed by atoms with E-state index >= 15 is 0 Å². The zero-order valence-corrected chi connectivity index (χ0v) is 15.1. The maximum absolute atomic E-state index is 13.4. The first-order valence-corrected chi connectivity index (χ1v) is 9.08. The van der Waals surface area contributed by atoms with Gasteiger partial charge >= 0.3 is 5.69 Å². The van der Waals surface area contributed by atoms with Gasteiger partial charge in [-0.25, -0.2) is 4.79 Å². The molecule has 3 heterocycles. The Bertz CT molecular complexity index is 1030. The number of nitrogens with zero attached hydrogens (tertiary/aromatic N) is 2. The molecule has 1 saturated carbocycles. The van der Waals surface area contributed by atoms with E-state index in [1.54, 1.807) is 11.1 Å². The lowest BCUT2D eigenvalue weighted by Gasteiger charge is -2.37. The van der Waals surface area contributed by atoms with Gasteiger partial charge < -0.3 is 24.8 Å². The van der Waals surface area contributed by atoms with Crippen molar-refractivity contribution in [2.24, 2.45) is 0 Å². The van der Waals surface area contributed by atoms with Crippen LogP contribution in [0.5, 0.6) is 0 Å². The van der Waals surface area contributed by atoms with Crippen molar-refractivity contribution in [3.05, 3.63) is 50.4 Å². The number of nitrogens with one attached hydrogen (secondary N) is 2. The lowest BCUT2D eigenvalue weighted by atomic mass is 9.97. The van der Waals surface area contributed by atoms with Gasteiger partial charge in [-0.2, -0.15) is 4.39 Å². The largest absolute Gasteiger partial charge is 0.388 e. The smallest absolute Gasteiger partial charge is 0.328 e. The van der Waals surface area contributed by atoms with Gasteiger partial charge in [-0.15, -0.1) is 0 Å². The molecule has 0 radical (unpaired) electrons. The molecule has 2 aromatic heterocycles. The van der Waals surface area contributed by atoms with Crippen LogP contribution in [0.1, 0.15) is 35.0 Å². The van der Waals surface area contributed by atoms with Crippen molar-refractivity contribution >= 4 is 5.91 Å². The Morgan fingerprint density at radius 3 is 2.83 bits per heavy atom. The van der Waals surface area contributed by atoms with Crippen molar-refractivity contribution in [1.29, 1.82) is 0 Å². The molecule has 0 unspecified atom stereocenters. The van der Waals surface area contributed by atoms with E-state index < -0.39 is 47.3 Å². The van der Waals surface area contributed by atoms with Crippen molar-refractivity contribution in [1.82, 2.24) is 20.0 Å². The van der Waals surface area contributed by atoms with Gasteiger partial charge in [0.05, 0.1) is 25.4 Å². The number of carbonyl (C=O) groups is 1. The predicted molar refractivity (Wildman–Crippen MR) is 92.8 cm³/mol. The predicted octanol–water partition coefficient (Wildman–Crippen LogP) is -1.54. The van der Waals surface area contributed by atoms with Crippen molar-refractivity contribution in [2.75, 3.05) is 6.61 Å². The second-order valence-corrected chi connectivity index (χ2v) is 7.21. The van der Waals surface area contributed by atoms with Crippen LogP contribution in [0.25, 0.3) is 0 Å². The summed E-state index contributed by atoms with van der Waals surface area (Å²) in [6, 6.07) is 0.610. The monoisotopic (exact) mass is 410 g/mol. The summed E-state index contributed by atoms with van der Waals surface area (Å²) in [6.07, 6.45) is -1.27. The number of aliphatic hydroxyl groups excluding tert-OH is 2. The summed E-state index contributed by atoms with van der Waals surface area (Å²) in [5, 5.41) is 26.9. The molecule has 2 fully saturated rings. The second kappa shape index (κ2) is 7.54. The van der Waals surface area contributed by atoms with Crippen LogP contribution in [-0.2, 0) is 11.3 Å². The molecule has 12 heteroatoms. The molecule has 4 atom stereocenters. The van der Waals surface area contributed by atoms with Gasteiger partial charge in [0.2, 0.25) is 5.82 Å². The summed E-state index contributed by atoms with van der Waals surface area (Å²) in [5.74, 6) is -0.831. The topological polar surface area (TPSA) is 160 Å². The van der Waals surface area contributed by atoms with Crippen molar-refractivity contribution in [3.8, 4) is 0 Å². The van der Waals surface area contributed by atoms with E-state index in [-0.39, 0.29) is 24.8 Å². The van der Waals surface area contributed by atoms with Crippen LogP contribution in [0, 0.1) is 5.82 Å². The van der Waals surface area contributed by atoms with Gasteiger partial charge in [-0.3, -0.25) is 19.1 Å². The maximum Gasteiger partial charge on any atom is 0.328 e. The van der Waals surface area contributed by atoms with Crippen LogP contribution in [-0.4, -0.2) is 61.8 Å². The normalized spacial score (nSPS) is 27.0. The van der Waals surface area contributed by atoms with E-state index in [1.165, 1.54) is 0 Å². The molecule has 156 valence electrons. The highest BCUT2D eigenvalue weighted by molar-refractivity contribution is 5.92. The minimum Gasteiger partial charge on any atom is -0.388 e. The lowest BCUT2D eigenvalue weighted by molar-refractivity contribution is -0.152. The van der Waals surface area contributed by atoms with Crippen molar-refractivity contribution < 1.29 is 28.7 Å². The van der Waals surface area contributed by atoms with Crippen LogP contribution in [0.3, 0.4) is 0 Å². The molecule has 1 aliphatic carbocycles. The summed E-state index contributed by atoms with van der Waals surface area (Å²) in [6.45, 7) is -0.470. The van der Waals surface area contributed by atoms with E-state index in [0.29, 0.717) is 12.0 Å². The molecule has 2 aliphatic rings. The van der Waals surface area contributed by atoms with E-state index in [4.69, 9.17) is 9.26 Å². The molecule has 1 aliphatic heterocycles. The number of H-pyrrole nitrogens is 1. The molecule has 0 bridgehead atoms. The number of carbonyl (C=O) groups excluding carboxylic acids is 1. The number of halogens is 1. The summed E-state index contributed by atoms with van der Waals surface area (Å²) < 4.78 is 24.8. The summed E-state index contributed by atoms with van der Waals surface area (Å²) in [5.41, 5.74) is -1.97. The Labute approximate surface area is 162 Å². The molecule has 4 N–H and O–H groups in total. The number of aliphatic hydroxyl groups is 2. The zero-order valence-electron chi connectivity index (χ0n) is 15.1. The fourth-order valence-corrected chi connectivity index (χ4v) is 3.18. The van der Waals surface area contributed by atoms with E-state index in [0.717, 1.165) is 17.4 Å². The van der Waals surface area contributed by atoms with Crippen LogP contribution >= 0.6 is 0 Å². The Morgan fingerprint density at radius 2 is 2.10 bits per heavy atom. The second-order valence-electron chi connectivity index (χ2n) is 7.21. The molecule has 2 aromatic rings. The van der Waals surface area contributed by atoms with Crippen molar-refractivity contribution in [2.45, 2.75) is 49.7 Å². The van der Waals surface area contributed by atoms with E-state index in [1.807, 2.05) is 0 Å². The number of rotatable bonds is 5. The number of aromatic amines is 1. The first kappa shape index (κ1) is 19.5. The van der Waals surface area contributed by atoms with Gasteiger partial charge in [-0.1, -0.05) is 5.16 Å². The Balaban J connectivity index is 1.39. The van der Waals surface area contributed by atoms with Crippen LogP contribution in [0.15, 0.2) is 26.4 Å². The van der Waals surface area contributed by atoms with Crippen LogP contribution in [0.4, 0.5) is 4.39 Å². The summed E-state index contributed by atoms with van der Waals surface area (Å²) >= 11 is 0. The molecule has 29 heavy (non-hydrogen) atoms.